The number of aliphatic imine (C=N–C) groups is 5. The molecular formula is C47H95N27O9. The Labute approximate surface area is 482 Å². The van der Waals surface area contributed by atoms with Crippen molar-refractivity contribution < 1.29 is 43.2 Å². The smallest absolute Gasteiger partial charge is 0.243 e. The SMILES string of the molecule is NCCCC[C@H](NC(=O)[C@@H](N)CCCCN)C(=O)N[C@@H](CCCN=C(N)N)C(=O)N[C@@H](CCCN=C(N)N)C(=O)N[C@@H](CCCN=C(N)N)C(=O)N[C@@H](CCCN=C(N)N)C(=O)N[C@@H](CCC(N)=O)C(=O)N[C@@H](CCCN=C(N)N)C(N)=O. The number of nitrogens with two attached hydrogens (primary N) is 15. The van der Waals surface area contributed by atoms with Gasteiger partial charge in [-0.2, -0.15) is 0 Å². The maximum Gasteiger partial charge on any atom is 0.243 e. The second kappa shape index (κ2) is 43.2. The molecule has 0 aliphatic rings. The van der Waals surface area contributed by atoms with Crippen molar-refractivity contribution in [3.05, 3.63) is 0 Å². The lowest BCUT2D eigenvalue weighted by Crippen LogP contribution is -2.60. The summed E-state index contributed by atoms with van der Waals surface area (Å²) < 4.78 is 0. The summed E-state index contributed by atoms with van der Waals surface area (Å²) in [5, 5.41) is 18.2. The first-order chi connectivity index (χ1) is 39.2. The second-order valence-corrected chi connectivity index (χ2v) is 19.3. The van der Waals surface area contributed by atoms with Crippen molar-refractivity contribution in [2.75, 3.05) is 45.8 Å². The van der Waals surface area contributed by atoms with E-state index in [9.17, 15) is 43.2 Å². The molecule has 9 amide bonds. The van der Waals surface area contributed by atoms with Crippen LogP contribution in [0.15, 0.2) is 25.0 Å². The predicted octanol–water partition coefficient (Wildman–Crippen LogP) is -10.0. The Kier molecular flexibility index (Phi) is 38.8. The van der Waals surface area contributed by atoms with Gasteiger partial charge in [0.2, 0.25) is 53.2 Å². The number of rotatable bonds is 46. The number of amides is 9. The lowest BCUT2D eigenvalue weighted by atomic mass is 10.0. The Hall–Kier alpha value is -8.54. The largest absolute Gasteiger partial charge is 0.370 e. The Morgan fingerprint density at radius 3 is 0.771 bits per heavy atom. The molecule has 36 heteroatoms. The molecule has 0 aromatic heterocycles. The lowest BCUT2D eigenvalue weighted by Gasteiger charge is -2.28. The maximum atomic E-state index is 14.5. The molecule has 0 unspecified atom stereocenters. The summed E-state index contributed by atoms with van der Waals surface area (Å²) in [5.74, 6) is -9.02. The van der Waals surface area contributed by atoms with E-state index in [4.69, 9.17) is 86.0 Å². The predicted molar refractivity (Wildman–Crippen MR) is 314 cm³/mol. The number of hydrogen-bond donors (Lipinski definition) is 22. The molecule has 0 bridgehead atoms. The van der Waals surface area contributed by atoms with Gasteiger partial charge in [0, 0.05) is 39.1 Å². The van der Waals surface area contributed by atoms with Crippen molar-refractivity contribution in [1.29, 1.82) is 0 Å². The van der Waals surface area contributed by atoms with E-state index >= 15 is 0 Å². The molecule has 0 rings (SSSR count). The normalized spacial score (nSPS) is 13.6. The minimum absolute atomic E-state index is 0.0145. The first-order valence-corrected chi connectivity index (χ1v) is 27.3. The number of guanidine groups is 5. The molecule has 472 valence electrons. The number of nitrogens with one attached hydrogen (secondary N) is 7. The molecule has 0 radical (unpaired) electrons. The van der Waals surface area contributed by atoms with Crippen LogP contribution in [0.3, 0.4) is 0 Å². The second-order valence-electron chi connectivity index (χ2n) is 19.3. The van der Waals surface area contributed by atoms with Gasteiger partial charge in [-0.25, -0.2) is 0 Å². The van der Waals surface area contributed by atoms with E-state index in [2.05, 4.69) is 62.2 Å². The summed E-state index contributed by atoms with van der Waals surface area (Å²) in [6.45, 7) is 0.736. The van der Waals surface area contributed by atoms with Gasteiger partial charge in [0.05, 0.1) is 6.04 Å². The summed E-state index contributed by atoms with van der Waals surface area (Å²) in [6, 6.07) is -10.8. The Morgan fingerprint density at radius 2 is 0.518 bits per heavy atom. The monoisotopic (exact) mass is 1180 g/mol. The fourth-order valence-electron chi connectivity index (χ4n) is 7.75. The van der Waals surface area contributed by atoms with E-state index in [-0.39, 0.29) is 140 Å². The highest BCUT2D eigenvalue weighted by Gasteiger charge is 2.34. The van der Waals surface area contributed by atoms with Gasteiger partial charge in [0.25, 0.3) is 0 Å². The average Bonchev–Trinajstić information content (AvgIpc) is 3.40. The summed E-state index contributed by atoms with van der Waals surface area (Å²) >= 11 is 0. The molecule has 8 atom stereocenters. The fraction of sp³-hybridized carbons (Fsp3) is 0.702. The van der Waals surface area contributed by atoms with Crippen molar-refractivity contribution in [3.8, 4) is 0 Å². The first kappa shape index (κ1) is 74.5. The molecule has 0 fully saturated rings. The van der Waals surface area contributed by atoms with Crippen LogP contribution in [-0.4, -0.2) is 177 Å². The fourth-order valence-corrected chi connectivity index (χ4v) is 7.75. The number of carbonyl (C=O) groups is 9. The van der Waals surface area contributed by atoms with Gasteiger partial charge in [-0.3, -0.25) is 68.1 Å². The molecule has 83 heavy (non-hydrogen) atoms. The zero-order valence-electron chi connectivity index (χ0n) is 47.4. The highest BCUT2D eigenvalue weighted by molar-refractivity contribution is 5.98. The Bertz CT molecular complexity index is 2190. The number of primary amides is 2. The quantitative estimate of drug-likeness (QED) is 0.0153. The third kappa shape index (κ3) is 36.4. The topological polar surface area (TPSA) is 690 Å². The van der Waals surface area contributed by atoms with Crippen LogP contribution >= 0.6 is 0 Å². The molecule has 36 nitrogen and oxygen atoms in total. The first-order valence-electron chi connectivity index (χ1n) is 27.3. The van der Waals surface area contributed by atoms with Crippen LogP contribution in [0.4, 0.5) is 0 Å². The standard InChI is InChI=1S/C47H95N27O9/c48-19-3-1-10-26(50)36(77)69-28(11-2-4-20-49)37(78)70-29(13-6-22-64-44(55)56)38(79)71-30(14-7-23-65-45(57)58)39(80)72-31(15-8-24-66-46(59)60)40(81)73-32(16-9-25-67-47(61)62)41(82)74-33(17-18-34(51)75)42(83)68-27(35(52)76)12-5-21-63-43(53)54/h26-33H,1-25,48-50H2,(H2,51,75)(H2,52,76)(H,68,83)(H,69,77)(H,70,78)(H,71,79)(H,72,80)(H,73,81)(H,74,82)(H4,53,54,63)(H4,55,56,64)(H4,57,58,65)(H4,59,60,66)(H4,61,62,67)/t26-,27-,28-,29-,30-,31-,32-,33-/m0/s1. The van der Waals surface area contributed by atoms with Gasteiger partial charge in [-0.1, -0.05) is 6.42 Å². The van der Waals surface area contributed by atoms with Gasteiger partial charge in [-0.05, 0) is 116 Å². The Balaban J connectivity index is 7.33. The third-order valence-corrected chi connectivity index (χ3v) is 12.1. The van der Waals surface area contributed by atoms with Crippen LogP contribution in [0.5, 0.6) is 0 Å². The number of unbranched alkanes of at least 4 members (excludes halogenated alkanes) is 2. The highest BCUT2D eigenvalue weighted by atomic mass is 16.2. The summed E-state index contributed by atoms with van der Waals surface area (Å²) in [5.41, 5.74) is 83.5. The molecule has 0 aromatic carbocycles. The average molecular weight is 1180 g/mol. The maximum absolute atomic E-state index is 14.5. The van der Waals surface area contributed by atoms with Gasteiger partial charge < -0.3 is 123 Å². The van der Waals surface area contributed by atoms with Crippen molar-refractivity contribution in [3.63, 3.8) is 0 Å². The van der Waals surface area contributed by atoms with E-state index in [1.807, 2.05) is 0 Å². The number of nitrogens with zero attached hydrogens (tertiary/aromatic N) is 5. The van der Waals surface area contributed by atoms with E-state index in [1.54, 1.807) is 0 Å². The van der Waals surface area contributed by atoms with Crippen molar-refractivity contribution >= 4 is 83.0 Å². The van der Waals surface area contributed by atoms with Crippen LogP contribution in [0.2, 0.25) is 0 Å². The Morgan fingerprint density at radius 1 is 0.289 bits per heavy atom. The zero-order valence-corrected chi connectivity index (χ0v) is 47.4. The molecule has 0 spiro atoms. The minimum Gasteiger partial charge on any atom is -0.370 e. The molecule has 0 saturated heterocycles. The third-order valence-electron chi connectivity index (χ3n) is 12.1. The van der Waals surface area contributed by atoms with Gasteiger partial charge in [0.1, 0.15) is 42.3 Å². The van der Waals surface area contributed by atoms with Crippen LogP contribution in [0.25, 0.3) is 0 Å². The molecule has 0 aliphatic carbocycles. The van der Waals surface area contributed by atoms with E-state index < -0.39 is 108 Å². The van der Waals surface area contributed by atoms with Crippen molar-refractivity contribution in [2.24, 2.45) is 111 Å². The minimum atomic E-state index is -1.53. The summed E-state index contributed by atoms with van der Waals surface area (Å²) in [6.07, 6.45) is 1.70. The van der Waals surface area contributed by atoms with Crippen LogP contribution in [0, 0.1) is 0 Å². The molecule has 0 heterocycles. The molecule has 0 saturated carbocycles. The summed E-state index contributed by atoms with van der Waals surface area (Å²) in [7, 11) is 0. The van der Waals surface area contributed by atoms with E-state index in [0.717, 1.165) is 0 Å². The zero-order chi connectivity index (χ0) is 62.9. The lowest BCUT2D eigenvalue weighted by molar-refractivity contribution is -0.136. The number of hydrogen-bond acceptors (Lipinski definition) is 17. The number of carbonyl (C=O) groups excluding carboxylic acids is 9. The van der Waals surface area contributed by atoms with Gasteiger partial charge in [-0.15, -0.1) is 0 Å². The molecule has 0 aromatic rings. The van der Waals surface area contributed by atoms with E-state index in [1.165, 1.54) is 0 Å². The molecule has 0 aliphatic heterocycles. The molecular weight excluding hydrogens is 1090 g/mol. The van der Waals surface area contributed by atoms with Gasteiger partial charge >= 0.3 is 0 Å². The van der Waals surface area contributed by atoms with Crippen LogP contribution in [-0.2, 0) is 43.2 Å². The summed E-state index contributed by atoms with van der Waals surface area (Å²) in [4.78, 5) is 143. The van der Waals surface area contributed by atoms with Crippen molar-refractivity contribution in [2.45, 2.75) is 164 Å². The highest BCUT2D eigenvalue weighted by Crippen LogP contribution is 2.11. The van der Waals surface area contributed by atoms with Crippen molar-refractivity contribution in [1.82, 2.24) is 37.2 Å². The van der Waals surface area contributed by atoms with Crippen LogP contribution in [0.1, 0.15) is 116 Å². The van der Waals surface area contributed by atoms with Gasteiger partial charge in [0.15, 0.2) is 29.8 Å². The van der Waals surface area contributed by atoms with Crippen LogP contribution < -0.4 is 123 Å². The molecule has 37 N–H and O–H groups in total. The van der Waals surface area contributed by atoms with E-state index in [0.29, 0.717) is 45.2 Å².